The number of nitrogens with one attached hydrogen (secondary N) is 1. The van der Waals surface area contributed by atoms with Gasteiger partial charge in [0.15, 0.2) is 5.82 Å². The van der Waals surface area contributed by atoms with Crippen molar-refractivity contribution in [1.82, 2.24) is 14.9 Å². The van der Waals surface area contributed by atoms with E-state index in [4.69, 9.17) is 0 Å². The van der Waals surface area contributed by atoms with E-state index in [0.717, 1.165) is 42.7 Å². The highest BCUT2D eigenvalue weighted by atomic mass is 15.2. The lowest BCUT2D eigenvalue weighted by atomic mass is 10.1. The number of aromatic amines is 1. The molecule has 0 unspecified atom stereocenters. The van der Waals surface area contributed by atoms with Crippen molar-refractivity contribution in [3.63, 3.8) is 0 Å². The predicted octanol–water partition coefficient (Wildman–Crippen LogP) is 4.09. The highest BCUT2D eigenvalue weighted by Crippen LogP contribution is 2.30. The van der Waals surface area contributed by atoms with Crippen molar-refractivity contribution in [2.24, 2.45) is 0 Å². The second-order valence-corrected chi connectivity index (χ2v) is 6.05. The molecule has 4 rings (SSSR count). The first kappa shape index (κ1) is 14.5. The molecule has 0 amide bonds. The molecule has 1 aliphatic rings. The van der Waals surface area contributed by atoms with E-state index < -0.39 is 0 Å². The number of allylic oxidation sites excluding steroid dienone is 2. The SMILES string of the molecule is N#C/C(=C1/CCCN1Cc1ccccc1)c1nc2ccccc2[nH]1. The maximum Gasteiger partial charge on any atom is 0.150 e. The first-order valence-electron chi connectivity index (χ1n) is 8.22. The number of nitriles is 1. The molecule has 0 saturated carbocycles. The van der Waals surface area contributed by atoms with E-state index in [9.17, 15) is 5.26 Å². The molecule has 1 aromatic heterocycles. The summed E-state index contributed by atoms with van der Waals surface area (Å²) in [6, 6.07) is 20.7. The van der Waals surface area contributed by atoms with Crippen LogP contribution in [0.1, 0.15) is 24.2 Å². The zero-order valence-electron chi connectivity index (χ0n) is 13.4. The Bertz CT molecular complexity index is 898. The van der Waals surface area contributed by atoms with Crippen molar-refractivity contribution in [3.05, 3.63) is 71.7 Å². The molecule has 0 atom stereocenters. The first-order chi connectivity index (χ1) is 11.8. The van der Waals surface area contributed by atoms with Gasteiger partial charge in [0, 0.05) is 18.8 Å². The Labute approximate surface area is 141 Å². The molecule has 0 bridgehead atoms. The number of hydrogen-bond donors (Lipinski definition) is 1. The number of para-hydroxylation sites is 2. The zero-order chi connectivity index (χ0) is 16.4. The summed E-state index contributed by atoms with van der Waals surface area (Å²) in [4.78, 5) is 10.2. The topological polar surface area (TPSA) is 55.7 Å². The molecule has 1 fully saturated rings. The molecule has 4 heteroatoms. The van der Waals surface area contributed by atoms with E-state index in [-0.39, 0.29) is 0 Å². The molecule has 2 heterocycles. The van der Waals surface area contributed by atoms with Crippen LogP contribution in [0, 0.1) is 11.3 Å². The van der Waals surface area contributed by atoms with E-state index in [0.29, 0.717) is 11.4 Å². The van der Waals surface area contributed by atoms with Gasteiger partial charge < -0.3 is 9.88 Å². The van der Waals surface area contributed by atoms with Crippen LogP contribution in [0.4, 0.5) is 0 Å². The number of nitrogens with zero attached hydrogens (tertiary/aromatic N) is 3. The van der Waals surface area contributed by atoms with Gasteiger partial charge in [-0.2, -0.15) is 5.26 Å². The molecule has 0 aliphatic carbocycles. The summed E-state index contributed by atoms with van der Waals surface area (Å²) in [6.07, 6.45) is 2.00. The number of benzene rings is 2. The van der Waals surface area contributed by atoms with Gasteiger partial charge >= 0.3 is 0 Å². The number of hydrogen-bond acceptors (Lipinski definition) is 3. The van der Waals surface area contributed by atoms with E-state index in [1.54, 1.807) is 0 Å². The minimum atomic E-state index is 0.666. The largest absolute Gasteiger partial charge is 0.369 e. The second kappa shape index (κ2) is 6.21. The van der Waals surface area contributed by atoms with Gasteiger partial charge in [-0.1, -0.05) is 42.5 Å². The molecule has 4 nitrogen and oxygen atoms in total. The normalized spacial score (nSPS) is 16.4. The fourth-order valence-electron chi connectivity index (χ4n) is 3.32. The third-order valence-electron chi connectivity index (χ3n) is 4.47. The average Bonchev–Trinajstić information content (AvgIpc) is 3.24. The third-order valence-corrected chi connectivity index (χ3v) is 4.47. The van der Waals surface area contributed by atoms with Gasteiger partial charge in [-0.25, -0.2) is 4.98 Å². The lowest BCUT2D eigenvalue weighted by molar-refractivity contribution is 0.388. The van der Waals surface area contributed by atoms with Crippen LogP contribution < -0.4 is 0 Å². The lowest BCUT2D eigenvalue weighted by Crippen LogP contribution is -2.18. The highest BCUT2D eigenvalue weighted by Gasteiger charge is 2.23. The molecular weight excluding hydrogens is 296 g/mol. The standard InChI is InChI=1S/C20H18N4/c21-13-16(20-22-17-9-4-5-10-18(17)23-20)19-11-6-12-24(19)14-15-7-2-1-3-8-15/h1-5,7-10H,6,11-12,14H2,(H,22,23)/b19-16+. The number of likely N-dealkylation sites (tertiary alicyclic amines) is 1. The first-order valence-corrected chi connectivity index (χ1v) is 8.22. The summed E-state index contributed by atoms with van der Waals surface area (Å²) in [5.74, 6) is 0.675. The van der Waals surface area contributed by atoms with Crippen molar-refractivity contribution >= 4 is 16.6 Å². The predicted molar refractivity (Wildman–Crippen MR) is 94.7 cm³/mol. The van der Waals surface area contributed by atoms with E-state index in [1.807, 2.05) is 30.3 Å². The third kappa shape index (κ3) is 2.65. The Hall–Kier alpha value is -3.06. The van der Waals surface area contributed by atoms with Crippen LogP contribution in [0.2, 0.25) is 0 Å². The molecule has 3 aromatic rings. The van der Waals surface area contributed by atoms with Crippen LogP contribution in [0.15, 0.2) is 60.3 Å². The fraction of sp³-hybridized carbons (Fsp3) is 0.200. The Morgan fingerprint density at radius 2 is 1.92 bits per heavy atom. The van der Waals surface area contributed by atoms with Crippen molar-refractivity contribution in [2.45, 2.75) is 19.4 Å². The van der Waals surface area contributed by atoms with Gasteiger partial charge in [0.2, 0.25) is 0 Å². The minimum absolute atomic E-state index is 0.666. The van der Waals surface area contributed by atoms with Crippen molar-refractivity contribution in [3.8, 4) is 6.07 Å². The molecule has 1 N–H and O–H groups in total. The summed E-state index contributed by atoms with van der Waals surface area (Å²) in [6.45, 7) is 1.82. The molecule has 118 valence electrons. The Morgan fingerprint density at radius 1 is 1.12 bits per heavy atom. The van der Waals surface area contributed by atoms with Crippen LogP contribution in [0.25, 0.3) is 16.6 Å². The van der Waals surface area contributed by atoms with Crippen molar-refractivity contribution in [2.75, 3.05) is 6.54 Å². The van der Waals surface area contributed by atoms with Crippen LogP contribution in [0.3, 0.4) is 0 Å². The van der Waals surface area contributed by atoms with E-state index in [2.05, 4.69) is 45.2 Å². The highest BCUT2D eigenvalue weighted by molar-refractivity contribution is 5.83. The molecule has 1 saturated heterocycles. The van der Waals surface area contributed by atoms with Gasteiger partial charge in [0.1, 0.15) is 11.6 Å². The van der Waals surface area contributed by atoms with E-state index in [1.165, 1.54) is 5.56 Å². The number of imidazole rings is 1. The number of rotatable bonds is 3. The van der Waals surface area contributed by atoms with Crippen LogP contribution in [-0.4, -0.2) is 21.4 Å². The van der Waals surface area contributed by atoms with Gasteiger partial charge in [-0.15, -0.1) is 0 Å². The molecule has 2 aromatic carbocycles. The quantitative estimate of drug-likeness (QED) is 0.741. The lowest BCUT2D eigenvalue weighted by Gasteiger charge is -2.21. The second-order valence-electron chi connectivity index (χ2n) is 6.05. The monoisotopic (exact) mass is 314 g/mol. The molecule has 24 heavy (non-hydrogen) atoms. The maximum atomic E-state index is 9.75. The van der Waals surface area contributed by atoms with Gasteiger partial charge in [-0.05, 0) is 30.5 Å². The Kier molecular flexibility index (Phi) is 3.76. The van der Waals surface area contributed by atoms with Crippen molar-refractivity contribution in [1.29, 1.82) is 5.26 Å². The minimum Gasteiger partial charge on any atom is -0.369 e. The molecule has 1 aliphatic heterocycles. The maximum absolute atomic E-state index is 9.75. The number of fused-ring (bicyclic) bond motifs is 1. The summed E-state index contributed by atoms with van der Waals surface area (Å²) >= 11 is 0. The summed E-state index contributed by atoms with van der Waals surface area (Å²) in [5.41, 5.74) is 4.89. The summed E-state index contributed by atoms with van der Waals surface area (Å²) in [7, 11) is 0. The van der Waals surface area contributed by atoms with Gasteiger partial charge in [0.25, 0.3) is 0 Å². The van der Waals surface area contributed by atoms with Crippen LogP contribution in [-0.2, 0) is 6.54 Å². The summed E-state index contributed by atoms with van der Waals surface area (Å²) < 4.78 is 0. The Morgan fingerprint density at radius 3 is 2.71 bits per heavy atom. The Balaban J connectivity index is 1.72. The molecular formula is C20H18N4. The van der Waals surface area contributed by atoms with Gasteiger partial charge in [-0.3, -0.25) is 0 Å². The van der Waals surface area contributed by atoms with Crippen LogP contribution >= 0.6 is 0 Å². The average molecular weight is 314 g/mol. The molecule has 0 spiro atoms. The van der Waals surface area contributed by atoms with Crippen molar-refractivity contribution < 1.29 is 0 Å². The fourth-order valence-corrected chi connectivity index (χ4v) is 3.32. The number of H-pyrrole nitrogens is 1. The zero-order valence-corrected chi connectivity index (χ0v) is 13.4. The van der Waals surface area contributed by atoms with Crippen LogP contribution in [0.5, 0.6) is 0 Å². The summed E-state index contributed by atoms with van der Waals surface area (Å²) in [5, 5.41) is 9.75. The number of aromatic nitrogens is 2. The van der Waals surface area contributed by atoms with Gasteiger partial charge in [0.05, 0.1) is 11.0 Å². The van der Waals surface area contributed by atoms with E-state index >= 15 is 0 Å². The smallest absolute Gasteiger partial charge is 0.150 e. The molecule has 0 radical (unpaired) electrons.